The van der Waals surface area contributed by atoms with Gasteiger partial charge in [0.15, 0.2) is 0 Å². The van der Waals surface area contributed by atoms with Gasteiger partial charge in [0.1, 0.15) is 11.4 Å². The highest BCUT2D eigenvalue weighted by molar-refractivity contribution is 5.75. The van der Waals surface area contributed by atoms with Gasteiger partial charge in [0, 0.05) is 6.42 Å². The third kappa shape index (κ3) is 2.15. The van der Waals surface area contributed by atoms with Crippen LogP contribution in [-0.4, -0.2) is 15.1 Å². The average Bonchev–Trinajstić information content (AvgIpc) is 2.67. The molecule has 0 bridgehead atoms. The Labute approximate surface area is 101 Å². The van der Waals surface area contributed by atoms with Crippen LogP contribution in [-0.2, 0) is 13.0 Å². The number of fused-ring (bicyclic) bond motifs is 1. The lowest BCUT2D eigenvalue weighted by atomic mass is 10.1. The van der Waals surface area contributed by atoms with Crippen molar-refractivity contribution in [1.82, 2.24) is 9.55 Å². The number of imidazole rings is 1. The van der Waals surface area contributed by atoms with Crippen molar-refractivity contribution in [3.63, 3.8) is 0 Å². The molecule has 88 valence electrons. The minimum atomic E-state index is -0.868. The fourth-order valence-electron chi connectivity index (χ4n) is 1.94. The maximum Gasteiger partial charge on any atom is 0.119 e. The van der Waals surface area contributed by atoms with Crippen molar-refractivity contribution in [2.24, 2.45) is 5.73 Å². The van der Waals surface area contributed by atoms with E-state index in [1.807, 2.05) is 28.8 Å². The van der Waals surface area contributed by atoms with Gasteiger partial charge in [0.25, 0.3) is 0 Å². The van der Waals surface area contributed by atoms with Crippen LogP contribution in [0.5, 0.6) is 0 Å². The third-order valence-electron chi connectivity index (χ3n) is 2.79. The average molecular weight is 228 g/mol. The van der Waals surface area contributed by atoms with Gasteiger partial charge in [-0.15, -0.1) is 0 Å². The first-order valence-electron chi connectivity index (χ1n) is 5.71. The zero-order valence-corrected chi connectivity index (χ0v) is 10.1. The molecule has 4 heteroatoms. The molecule has 1 aromatic carbocycles. The lowest BCUT2D eigenvalue weighted by Gasteiger charge is -2.18. The summed E-state index contributed by atoms with van der Waals surface area (Å²) >= 11 is 0. The molecule has 0 spiro atoms. The topological polar surface area (TPSA) is 67.6 Å². The first kappa shape index (κ1) is 11.6. The van der Waals surface area contributed by atoms with E-state index in [0.717, 1.165) is 23.3 Å². The van der Waals surface area contributed by atoms with Gasteiger partial charge in [-0.05, 0) is 19.1 Å². The van der Waals surface area contributed by atoms with Gasteiger partial charge in [-0.1, -0.05) is 19.1 Å². The molecule has 0 fully saturated rings. The molecule has 1 heterocycles. The van der Waals surface area contributed by atoms with Gasteiger partial charge in [-0.2, -0.15) is 5.26 Å². The minimum Gasteiger partial charge on any atom is -0.325 e. The molecule has 1 unspecified atom stereocenters. The quantitative estimate of drug-likeness (QED) is 0.871. The Morgan fingerprint density at radius 3 is 2.82 bits per heavy atom. The molecule has 0 amide bonds. The summed E-state index contributed by atoms with van der Waals surface area (Å²) in [6.45, 7) is 4.26. The maximum absolute atomic E-state index is 9.02. The van der Waals surface area contributed by atoms with Gasteiger partial charge in [-0.3, -0.25) is 0 Å². The maximum atomic E-state index is 9.02. The highest BCUT2D eigenvalue weighted by Crippen LogP contribution is 2.18. The van der Waals surface area contributed by atoms with Crippen molar-refractivity contribution in [3.05, 3.63) is 30.1 Å². The molecule has 0 saturated heterocycles. The Balaban J connectivity index is 2.55. The van der Waals surface area contributed by atoms with E-state index in [-0.39, 0.29) is 0 Å². The summed E-state index contributed by atoms with van der Waals surface area (Å²) in [5.41, 5.74) is 7.04. The molecule has 4 nitrogen and oxygen atoms in total. The summed E-state index contributed by atoms with van der Waals surface area (Å²) in [5.74, 6) is 0.970. The fraction of sp³-hybridized carbons (Fsp3) is 0.385. The zero-order valence-electron chi connectivity index (χ0n) is 10.1. The van der Waals surface area contributed by atoms with Crippen LogP contribution >= 0.6 is 0 Å². The Kier molecular flexibility index (Phi) is 2.86. The van der Waals surface area contributed by atoms with Crippen LogP contribution in [0.25, 0.3) is 11.0 Å². The van der Waals surface area contributed by atoms with Gasteiger partial charge in [0.2, 0.25) is 0 Å². The van der Waals surface area contributed by atoms with Crippen molar-refractivity contribution in [1.29, 1.82) is 5.26 Å². The number of hydrogen-bond donors (Lipinski definition) is 1. The SMILES string of the molecule is CCc1nc2ccccc2n1CC(C)(N)C#N. The Hall–Kier alpha value is -1.86. The van der Waals surface area contributed by atoms with Gasteiger partial charge >= 0.3 is 0 Å². The summed E-state index contributed by atoms with van der Waals surface area (Å²) in [6.07, 6.45) is 0.830. The Morgan fingerprint density at radius 1 is 1.47 bits per heavy atom. The van der Waals surface area contributed by atoms with Gasteiger partial charge < -0.3 is 10.3 Å². The molecule has 2 rings (SSSR count). The predicted molar refractivity (Wildman–Crippen MR) is 67.3 cm³/mol. The lowest BCUT2D eigenvalue weighted by Crippen LogP contribution is -2.39. The molecule has 2 aromatic rings. The van der Waals surface area contributed by atoms with Crippen LogP contribution in [0.3, 0.4) is 0 Å². The molecule has 0 aliphatic carbocycles. The van der Waals surface area contributed by atoms with Crippen molar-refractivity contribution in [2.45, 2.75) is 32.4 Å². The second kappa shape index (κ2) is 4.19. The molecular weight excluding hydrogens is 212 g/mol. The van der Waals surface area contributed by atoms with Gasteiger partial charge in [0.05, 0.1) is 23.6 Å². The monoisotopic (exact) mass is 228 g/mol. The number of nitrogens with zero attached hydrogens (tertiary/aromatic N) is 3. The molecule has 0 aliphatic rings. The van der Waals surface area contributed by atoms with Crippen LogP contribution in [0.15, 0.2) is 24.3 Å². The van der Waals surface area contributed by atoms with E-state index in [4.69, 9.17) is 11.0 Å². The van der Waals surface area contributed by atoms with E-state index < -0.39 is 5.54 Å². The number of aryl methyl sites for hydroxylation is 1. The summed E-state index contributed by atoms with van der Waals surface area (Å²) in [7, 11) is 0. The zero-order chi connectivity index (χ0) is 12.5. The van der Waals surface area contributed by atoms with Crippen LogP contribution in [0.1, 0.15) is 19.7 Å². The number of aromatic nitrogens is 2. The number of nitriles is 1. The van der Waals surface area contributed by atoms with Crippen LogP contribution < -0.4 is 5.73 Å². The van der Waals surface area contributed by atoms with Crippen molar-refractivity contribution in [3.8, 4) is 6.07 Å². The van der Waals surface area contributed by atoms with E-state index >= 15 is 0 Å². The molecule has 2 N–H and O–H groups in total. The van der Waals surface area contributed by atoms with Crippen LogP contribution in [0, 0.1) is 11.3 Å². The smallest absolute Gasteiger partial charge is 0.119 e. The molecule has 0 radical (unpaired) electrons. The Morgan fingerprint density at radius 2 is 2.18 bits per heavy atom. The van der Waals surface area contributed by atoms with Crippen LogP contribution in [0.4, 0.5) is 0 Å². The van der Waals surface area contributed by atoms with Crippen molar-refractivity contribution >= 4 is 11.0 Å². The molecule has 17 heavy (non-hydrogen) atoms. The second-order valence-electron chi connectivity index (χ2n) is 4.49. The fourth-order valence-corrected chi connectivity index (χ4v) is 1.94. The highest BCUT2D eigenvalue weighted by atomic mass is 15.1. The number of rotatable bonds is 3. The molecule has 0 aliphatic heterocycles. The highest BCUT2D eigenvalue weighted by Gasteiger charge is 2.21. The van der Waals surface area contributed by atoms with Crippen molar-refractivity contribution in [2.75, 3.05) is 0 Å². The van der Waals surface area contributed by atoms with E-state index in [2.05, 4.69) is 18.0 Å². The summed E-state index contributed by atoms with van der Waals surface area (Å²) in [5, 5.41) is 9.02. The lowest BCUT2D eigenvalue weighted by molar-refractivity contribution is 0.490. The van der Waals surface area contributed by atoms with E-state index in [0.29, 0.717) is 6.54 Å². The number of hydrogen-bond acceptors (Lipinski definition) is 3. The molecular formula is C13H16N4. The van der Waals surface area contributed by atoms with Gasteiger partial charge in [-0.25, -0.2) is 4.98 Å². The van der Waals surface area contributed by atoms with E-state index in [9.17, 15) is 0 Å². The molecule has 1 aromatic heterocycles. The standard InChI is InChI=1S/C13H16N4/c1-3-12-16-10-6-4-5-7-11(10)17(12)9-13(2,15)8-14/h4-7H,3,9,15H2,1-2H3. The van der Waals surface area contributed by atoms with Crippen molar-refractivity contribution < 1.29 is 0 Å². The summed E-state index contributed by atoms with van der Waals surface area (Å²) in [4.78, 5) is 4.55. The number of benzene rings is 1. The number of nitrogens with two attached hydrogens (primary N) is 1. The van der Waals surface area contributed by atoms with Crippen LogP contribution in [0.2, 0.25) is 0 Å². The summed E-state index contributed by atoms with van der Waals surface area (Å²) < 4.78 is 2.04. The first-order valence-corrected chi connectivity index (χ1v) is 5.71. The largest absolute Gasteiger partial charge is 0.325 e. The first-order chi connectivity index (χ1) is 8.07. The molecule has 1 atom stereocenters. The normalized spacial score (nSPS) is 14.5. The second-order valence-corrected chi connectivity index (χ2v) is 4.49. The minimum absolute atomic E-state index is 0.465. The molecule has 0 saturated carbocycles. The van der Waals surface area contributed by atoms with E-state index in [1.165, 1.54) is 0 Å². The van der Waals surface area contributed by atoms with E-state index in [1.54, 1.807) is 6.92 Å². The number of para-hydroxylation sites is 2. The Bertz CT molecular complexity index is 575. The predicted octanol–water partition coefficient (Wildman–Crippen LogP) is 1.84. The summed E-state index contributed by atoms with van der Waals surface area (Å²) in [6, 6.07) is 10.0. The third-order valence-corrected chi connectivity index (χ3v) is 2.79.